The third-order valence-electron chi connectivity index (χ3n) is 1.92. The molecule has 0 bridgehead atoms. The molecule has 0 aliphatic heterocycles. The van der Waals surface area contributed by atoms with Crippen molar-refractivity contribution in [2.45, 2.75) is 31.6 Å². The number of pyridine rings is 1. The molecule has 0 aliphatic carbocycles. The molecule has 1 heterocycles. The van der Waals surface area contributed by atoms with Crippen LogP contribution in [-0.4, -0.2) is 21.6 Å². The summed E-state index contributed by atoms with van der Waals surface area (Å²) in [7, 11) is 0. The molecule has 1 aromatic heterocycles. The zero-order valence-corrected chi connectivity index (χ0v) is 12.4. The van der Waals surface area contributed by atoms with Gasteiger partial charge in [-0.05, 0) is 30.7 Å². The Balaban J connectivity index is 2.85. The fourth-order valence-electron chi connectivity index (χ4n) is 1.16. The van der Waals surface area contributed by atoms with E-state index >= 15 is 0 Å². The normalized spacial score (nSPS) is 10.5. The van der Waals surface area contributed by atoms with E-state index in [1.807, 2.05) is 6.07 Å². The van der Waals surface area contributed by atoms with Crippen LogP contribution >= 0.6 is 35.1 Å². The van der Waals surface area contributed by atoms with E-state index < -0.39 is 0 Å². The Morgan fingerprint density at radius 3 is 2.65 bits per heavy atom. The highest BCUT2D eigenvalue weighted by Gasteiger charge is 2.14. The van der Waals surface area contributed by atoms with Gasteiger partial charge in [0.15, 0.2) is 0 Å². The van der Waals surface area contributed by atoms with E-state index in [0.29, 0.717) is 10.8 Å². The summed E-state index contributed by atoms with van der Waals surface area (Å²) in [4.78, 5) is 17.1. The van der Waals surface area contributed by atoms with E-state index in [-0.39, 0.29) is 5.12 Å². The molecule has 0 saturated carbocycles. The lowest BCUT2D eigenvalue weighted by Crippen LogP contribution is -2.01. The summed E-state index contributed by atoms with van der Waals surface area (Å²) in [6.07, 6.45) is 2.05. The summed E-state index contributed by atoms with van der Waals surface area (Å²) in [5.41, 5.74) is 0.509. The van der Waals surface area contributed by atoms with Crippen molar-refractivity contribution >= 4 is 40.2 Å². The fourth-order valence-corrected chi connectivity index (χ4v) is 2.92. The standard InChI is InChI=1S/C12H16ClNOS2/c1-3-7-16-9-5-6-10(13)14-11(9)12(15)17-8-4-2/h5-6H,3-4,7-8H2,1-2H3. The Morgan fingerprint density at radius 2 is 2.00 bits per heavy atom. The van der Waals surface area contributed by atoms with Crippen LogP contribution in [0.1, 0.15) is 37.2 Å². The molecule has 17 heavy (non-hydrogen) atoms. The molecule has 0 aliphatic rings. The van der Waals surface area contributed by atoms with E-state index in [1.165, 1.54) is 11.8 Å². The maximum absolute atomic E-state index is 12.0. The second-order valence-electron chi connectivity index (χ2n) is 3.47. The van der Waals surface area contributed by atoms with Crippen molar-refractivity contribution in [3.63, 3.8) is 0 Å². The molecule has 0 radical (unpaired) electrons. The Hall–Kier alpha value is -0.190. The Kier molecular flexibility index (Phi) is 7.00. The van der Waals surface area contributed by atoms with E-state index in [1.54, 1.807) is 17.8 Å². The summed E-state index contributed by atoms with van der Waals surface area (Å²) in [6, 6.07) is 3.62. The van der Waals surface area contributed by atoms with Crippen molar-refractivity contribution in [2.75, 3.05) is 11.5 Å². The van der Waals surface area contributed by atoms with Gasteiger partial charge in [-0.15, -0.1) is 11.8 Å². The smallest absolute Gasteiger partial charge is 0.238 e. The first-order valence-corrected chi connectivity index (χ1v) is 8.00. The first-order valence-electron chi connectivity index (χ1n) is 5.65. The third kappa shape index (κ3) is 4.90. The number of thioether (sulfide) groups is 2. The molecule has 1 rings (SSSR count). The number of hydrogen-bond donors (Lipinski definition) is 0. The molecule has 94 valence electrons. The SMILES string of the molecule is CCCSC(=O)c1nc(Cl)ccc1SCCC. The Labute approximate surface area is 116 Å². The minimum absolute atomic E-state index is 0.0213. The second-order valence-corrected chi connectivity index (χ2v) is 6.06. The quantitative estimate of drug-likeness (QED) is 0.569. The highest BCUT2D eigenvalue weighted by molar-refractivity contribution is 8.14. The van der Waals surface area contributed by atoms with Gasteiger partial charge >= 0.3 is 0 Å². The Bertz CT molecular complexity index is 385. The minimum atomic E-state index is 0.0213. The van der Waals surface area contributed by atoms with Crippen molar-refractivity contribution < 1.29 is 4.79 Å². The van der Waals surface area contributed by atoms with Crippen LogP contribution in [0.2, 0.25) is 5.15 Å². The van der Waals surface area contributed by atoms with Gasteiger partial charge in [0.25, 0.3) is 0 Å². The van der Waals surface area contributed by atoms with Crippen molar-refractivity contribution in [3.05, 3.63) is 23.0 Å². The van der Waals surface area contributed by atoms with Gasteiger partial charge in [0.05, 0.1) is 0 Å². The van der Waals surface area contributed by atoms with E-state index in [9.17, 15) is 4.79 Å². The van der Waals surface area contributed by atoms with Crippen LogP contribution < -0.4 is 0 Å². The first-order chi connectivity index (χ1) is 8.19. The van der Waals surface area contributed by atoms with Crippen LogP contribution in [-0.2, 0) is 0 Å². The maximum Gasteiger partial charge on any atom is 0.238 e. The molecule has 0 amide bonds. The second kappa shape index (κ2) is 8.01. The summed E-state index contributed by atoms with van der Waals surface area (Å²) in [6.45, 7) is 4.17. The molecule has 0 spiro atoms. The lowest BCUT2D eigenvalue weighted by Gasteiger charge is -2.06. The highest BCUT2D eigenvalue weighted by atomic mass is 35.5. The van der Waals surface area contributed by atoms with Gasteiger partial charge in [-0.3, -0.25) is 4.79 Å². The van der Waals surface area contributed by atoms with Gasteiger partial charge in [0.2, 0.25) is 5.12 Å². The molecule has 0 N–H and O–H groups in total. The van der Waals surface area contributed by atoms with Crippen LogP contribution in [0.25, 0.3) is 0 Å². The molecule has 0 atom stereocenters. The minimum Gasteiger partial charge on any atom is -0.280 e. The summed E-state index contributed by atoms with van der Waals surface area (Å²) < 4.78 is 0. The molecule has 1 aromatic rings. The average Bonchev–Trinajstić information content (AvgIpc) is 2.34. The Morgan fingerprint density at radius 1 is 1.29 bits per heavy atom. The topological polar surface area (TPSA) is 30.0 Å². The number of aromatic nitrogens is 1. The number of nitrogens with zero attached hydrogens (tertiary/aromatic N) is 1. The summed E-state index contributed by atoms with van der Waals surface area (Å²) in [5.74, 6) is 1.81. The van der Waals surface area contributed by atoms with Gasteiger partial charge in [-0.25, -0.2) is 4.98 Å². The summed E-state index contributed by atoms with van der Waals surface area (Å²) in [5, 5.41) is 0.402. The molecule has 5 heteroatoms. The molecular formula is C12H16ClNOS2. The molecule has 0 unspecified atom stereocenters. The van der Waals surface area contributed by atoms with Crippen LogP contribution in [0.15, 0.2) is 17.0 Å². The van der Waals surface area contributed by atoms with Gasteiger partial charge in [0.1, 0.15) is 10.8 Å². The fraction of sp³-hybridized carbons (Fsp3) is 0.500. The number of carbonyl (C=O) groups excluding carboxylic acids is 1. The number of rotatable bonds is 6. The van der Waals surface area contributed by atoms with Crippen LogP contribution in [0.3, 0.4) is 0 Å². The van der Waals surface area contributed by atoms with Crippen molar-refractivity contribution in [3.8, 4) is 0 Å². The predicted molar refractivity (Wildman–Crippen MR) is 77.3 cm³/mol. The largest absolute Gasteiger partial charge is 0.280 e. The number of carbonyl (C=O) groups is 1. The van der Waals surface area contributed by atoms with E-state index in [4.69, 9.17) is 11.6 Å². The van der Waals surface area contributed by atoms with E-state index in [2.05, 4.69) is 18.8 Å². The van der Waals surface area contributed by atoms with Gasteiger partial charge in [0, 0.05) is 10.6 Å². The number of hydrogen-bond acceptors (Lipinski definition) is 4. The number of halogens is 1. The molecule has 0 saturated heterocycles. The lowest BCUT2D eigenvalue weighted by molar-refractivity contribution is 0.108. The average molecular weight is 290 g/mol. The third-order valence-corrected chi connectivity index (χ3v) is 4.45. The van der Waals surface area contributed by atoms with Gasteiger partial charge < -0.3 is 0 Å². The molecule has 0 fully saturated rings. The monoisotopic (exact) mass is 289 g/mol. The predicted octanol–water partition coefficient (Wildman–Crippen LogP) is 4.52. The van der Waals surface area contributed by atoms with Crippen LogP contribution in [0.4, 0.5) is 0 Å². The molecular weight excluding hydrogens is 274 g/mol. The first kappa shape index (κ1) is 14.9. The molecule has 2 nitrogen and oxygen atoms in total. The lowest BCUT2D eigenvalue weighted by atomic mass is 10.4. The molecule has 0 aromatic carbocycles. The van der Waals surface area contributed by atoms with Crippen molar-refractivity contribution in [1.29, 1.82) is 0 Å². The van der Waals surface area contributed by atoms with Crippen molar-refractivity contribution in [2.24, 2.45) is 0 Å². The van der Waals surface area contributed by atoms with Gasteiger partial charge in [-0.2, -0.15) is 0 Å². The summed E-state index contributed by atoms with van der Waals surface area (Å²) >= 11 is 8.82. The van der Waals surface area contributed by atoms with Crippen LogP contribution in [0, 0.1) is 0 Å². The van der Waals surface area contributed by atoms with Crippen molar-refractivity contribution in [1.82, 2.24) is 4.98 Å². The van der Waals surface area contributed by atoms with Gasteiger partial charge in [-0.1, -0.05) is 37.2 Å². The highest BCUT2D eigenvalue weighted by Crippen LogP contribution is 2.27. The van der Waals surface area contributed by atoms with E-state index in [0.717, 1.165) is 29.2 Å². The zero-order valence-electron chi connectivity index (χ0n) is 10.0. The van der Waals surface area contributed by atoms with Crippen LogP contribution in [0.5, 0.6) is 0 Å². The zero-order chi connectivity index (χ0) is 12.7. The maximum atomic E-state index is 12.0.